The Morgan fingerprint density at radius 2 is 2.33 bits per heavy atom. The van der Waals surface area contributed by atoms with E-state index in [-0.39, 0.29) is 5.25 Å². The molecule has 2 rings (SSSR count). The molecule has 0 N–H and O–H groups in total. The second-order valence-corrected chi connectivity index (χ2v) is 4.76. The molecule has 2 aliphatic heterocycles. The molecule has 2 heterocycles. The lowest BCUT2D eigenvalue weighted by atomic mass is 10.0. The first-order chi connectivity index (χ1) is 5.70. The summed E-state index contributed by atoms with van der Waals surface area (Å²) in [6, 6.07) is 0. The van der Waals surface area contributed by atoms with Gasteiger partial charge < -0.3 is 4.90 Å². The molecule has 0 aromatic carbocycles. The Labute approximate surface area is 77.0 Å². The smallest absolute Gasteiger partial charge is 0.174 e. The first-order valence-corrected chi connectivity index (χ1v) is 5.23. The van der Waals surface area contributed by atoms with Crippen LogP contribution in [0.4, 0.5) is 0 Å². The highest BCUT2D eigenvalue weighted by Crippen LogP contribution is 2.40. The minimum atomic E-state index is 0.163. The predicted octanol–water partition coefficient (Wildman–Crippen LogP) is 1.63. The minimum Gasteiger partial charge on any atom is -0.369 e. The van der Waals surface area contributed by atoms with Crippen LogP contribution in [0.5, 0.6) is 0 Å². The number of hydrogen-bond donors (Lipinski definition) is 0. The number of allylic oxidation sites excluding steroid dienone is 1. The van der Waals surface area contributed by atoms with E-state index >= 15 is 0 Å². The van der Waals surface area contributed by atoms with Gasteiger partial charge in [-0.05, 0) is 19.8 Å². The quantitative estimate of drug-likeness (QED) is 0.569. The molecule has 3 heteroatoms. The average molecular weight is 183 g/mol. The van der Waals surface area contributed by atoms with Crippen molar-refractivity contribution in [3.05, 3.63) is 10.6 Å². The SMILES string of the molecule is CC1SC2=C(CCCN2C)C1=O. The van der Waals surface area contributed by atoms with E-state index in [0.29, 0.717) is 5.78 Å². The van der Waals surface area contributed by atoms with Crippen molar-refractivity contribution in [1.29, 1.82) is 0 Å². The standard InChI is InChI=1S/C9H13NOS/c1-6-8(11)7-4-3-5-10(2)9(7)12-6/h6H,3-5H2,1-2H3. The zero-order chi connectivity index (χ0) is 8.72. The topological polar surface area (TPSA) is 20.3 Å². The molecule has 0 saturated heterocycles. The average Bonchev–Trinajstić information content (AvgIpc) is 2.32. The molecule has 0 saturated carbocycles. The number of carbonyl (C=O) groups excluding carboxylic acids is 1. The van der Waals surface area contributed by atoms with E-state index in [2.05, 4.69) is 11.9 Å². The van der Waals surface area contributed by atoms with Crippen LogP contribution in [0.25, 0.3) is 0 Å². The number of rotatable bonds is 0. The molecule has 66 valence electrons. The normalized spacial score (nSPS) is 29.7. The minimum absolute atomic E-state index is 0.163. The van der Waals surface area contributed by atoms with Gasteiger partial charge in [0.05, 0.1) is 10.3 Å². The van der Waals surface area contributed by atoms with Gasteiger partial charge in [-0.3, -0.25) is 4.79 Å². The summed E-state index contributed by atoms with van der Waals surface area (Å²) in [6.07, 6.45) is 2.13. The monoisotopic (exact) mass is 183 g/mol. The summed E-state index contributed by atoms with van der Waals surface area (Å²) in [4.78, 5) is 13.8. The van der Waals surface area contributed by atoms with Crippen molar-refractivity contribution in [2.75, 3.05) is 13.6 Å². The number of nitrogens with zero attached hydrogens (tertiary/aromatic N) is 1. The maximum Gasteiger partial charge on any atom is 0.174 e. The fourth-order valence-electron chi connectivity index (χ4n) is 1.79. The first-order valence-electron chi connectivity index (χ1n) is 4.35. The van der Waals surface area contributed by atoms with E-state index in [9.17, 15) is 4.79 Å². The maximum absolute atomic E-state index is 11.6. The Morgan fingerprint density at radius 3 is 3.00 bits per heavy atom. The van der Waals surface area contributed by atoms with Crippen molar-refractivity contribution in [1.82, 2.24) is 4.90 Å². The van der Waals surface area contributed by atoms with E-state index in [0.717, 1.165) is 25.0 Å². The van der Waals surface area contributed by atoms with E-state index in [1.165, 1.54) is 5.03 Å². The van der Waals surface area contributed by atoms with Crippen molar-refractivity contribution >= 4 is 17.5 Å². The van der Waals surface area contributed by atoms with Crippen molar-refractivity contribution in [2.45, 2.75) is 25.0 Å². The van der Waals surface area contributed by atoms with Crippen LogP contribution in [0.1, 0.15) is 19.8 Å². The second-order valence-electron chi connectivity index (χ2n) is 3.43. The predicted molar refractivity (Wildman–Crippen MR) is 51.0 cm³/mol. The van der Waals surface area contributed by atoms with Gasteiger partial charge >= 0.3 is 0 Å². The summed E-state index contributed by atoms with van der Waals surface area (Å²) in [7, 11) is 2.08. The van der Waals surface area contributed by atoms with Gasteiger partial charge in [-0.1, -0.05) is 11.8 Å². The van der Waals surface area contributed by atoms with Gasteiger partial charge in [-0.2, -0.15) is 0 Å². The summed E-state index contributed by atoms with van der Waals surface area (Å²) in [5.74, 6) is 0.363. The van der Waals surface area contributed by atoms with Crippen molar-refractivity contribution < 1.29 is 4.79 Å². The first kappa shape index (κ1) is 8.17. The van der Waals surface area contributed by atoms with E-state index in [4.69, 9.17) is 0 Å². The van der Waals surface area contributed by atoms with Crippen LogP contribution in [-0.4, -0.2) is 29.5 Å². The summed E-state index contributed by atoms with van der Waals surface area (Å²) in [5.41, 5.74) is 1.08. The van der Waals surface area contributed by atoms with Gasteiger partial charge in [-0.15, -0.1) is 0 Å². The summed E-state index contributed by atoms with van der Waals surface area (Å²) < 4.78 is 0. The fourth-order valence-corrected chi connectivity index (χ4v) is 2.99. The van der Waals surface area contributed by atoms with E-state index in [1.54, 1.807) is 11.8 Å². The zero-order valence-corrected chi connectivity index (χ0v) is 8.28. The summed E-state index contributed by atoms with van der Waals surface area (Å²) in [5, 5.41) is 1.40. The third-order valence-electron chi connectivity index (χ3n) is 2.48. The number of hydrogen-bond acceptors (Lipinski definition) is 3. The molecule has 0 spiro atoms. The highest BCUT2D eigenvalue weighted by Gasteiger charge is 2.34. The third kappa shape index (κ3) is 1.07. The van der Waals surface area contributed by atoms with Gasteiger partial charge in [0, 0.05) is 19.2 Å². The van der Waals surface area contributed by atoms with Crippen LogP contribution in [0, 0.1) is 0 Å². The van der Waals surface area contributed by atoms with Gasteiger partial charge in [0.25, 0.3) is 0 Å². The molecule has 0 aliphatic carbocycles. The molecule has 2 aliphatic rings. The fraction of sp³-hybridized carbons (Fsp3) is 0.667. The highest BCUT2D eigenvalue weighted by atomic mass is 32.2. The molecule has 0 bridgehead atoms. The molecular weight excluding hydrogens is 170 g/mol. The summed E-state index contributed by atoms with van der Waals surface area (Å²) in [6.45, 7) is 3.10. The van der Waals surface area contributed by atoms with Crippen LogP contribution < -0.4 is 0 Å². The van der Waals surface area contributed by atoms with Crippen LogP contribution >= 0.6 is 11.8 Å². The molecule has 12 heavy (non-hydrogen) atoms. The van der Waals surface area contributed by atoms with Gasteiger partial charge in [0.15, 0.2) is 5.78 Å². The zero-order valence-electron chi connectivity index (χ0n) is 7.46. The summed E-state index contributed by atoms with van der Waals surface area (Å²) >= 11 is 1.72. The Balaban J connectivity index is 2.32. The Bertz CT molecular complexity index is 259. The number of Topliss-reactive ketones (excluding diaryl/α,β-unsaturated/α-hetero) is 1. The Kier molecular flexibility index (Phi) is 1.91. The second kappa shape index (κ2) is 2.80. The Morgan fingerprint density at radius 1 is 1.58 bits per heavy atom. The molecule has 1 atom stereocenters. The Hall–Kier alpha value is -0.440. The number of thioether (sulfide) groups is 1. The van der Waals surface area contributed by atoms with Gasteiger partial charge in [0.2, 0.25) is 0 Å². The van der Waals surface area contributed by atoms with Gasteiger partial charge in [-0.25, -0.2) is 0 Å². The molecule has 0 aromatic heterocycles. The molecule has 0 amide bonds. The van der Waals surface area contributed by atoms with E-state index in [1.807, 2.05) is 6.92 Å². The maximum atomic E-state index is 11.6. The molecule has 1 unspecified atom stereocenters. The van der Waals surface area contributed by atoms with Crippen LogP contribution in [0.3, 0.4) is 0 Å². The largest absolute Gasteiger partial charge is 0.369 e. The lowest BCUT2D eigenvalue weighted by Crippen LogP contribution is -2.22. The van der Waals surface area contributed by atoms with E-state index < -0.39 is 0 Å². The molecule has 0 aromatic rings. The lowest BCUT2D eigenvalue weighted by molar-refractivity contribution is -0.114. The van der Waals surface area contributed by atoms with Crippen LogP contribution in [-0.2, 0) is 4.79 Å². The van der Waals surface area contributed by atoms with Gasteiger partial charge in [0.1, 0.15) is 0 Å². The lowest BCUT2D eigenvalue weighted by Gasteiger charge is -2.25. The number of carbonyl (C=O) groups is 1. The molecule has 0 radical (unpaired) electrons. The molecule has 2 nitrogen and oxygen atoms in total. The van der Waals surface area contributed by atoms with Crippen molar-refractivity contribution in [3.63, 3.8) is 0 Å². The third-order valence-corrected chi connectivity index (χ3v) is 3.83. The molecular formula is C9H13NOS. The van der Waals surface area contributed by atoms with Crippen molar-refractivity contribution in [3.8, 4) is 0 Å². The molecule has 0 fully saturated rings. The van der Waals surface area contributed by atoms with Crippen LogP contribution in [0.2, 0.25) is 0 Å². The van der Waals surface area contributed by atoms with Crippen molar-refractivity contribution in [2.24, 2.45) is 0 Å². The van der Waals surface area contributed by atoms with Crippen LogP contribution in [0.15, 0.2) is 10.6 Å². The number of ketones is 1. The highest BCUT2D eigenvalue weighted by molar-refractivity contribution is 8.04.